The summed E-state index contributed by atoms with van der Waals surface area (Å²) < 4.78 is 0. The summed E-state index contributed by atoms with van der Waals surface area (Å²) in [5.74, 6) is 0.188. The van der Waals surface area contributed by atoms with Gasteiger partial charge in [0.1, 0.15) is 0 Å². The van der Waals surface area contributed by atoms with Gasteiger partial charge in [0.15, 0.2) is 0 Å². The Morgan fingerprint density at radius 3 is 2.72 bits per heavy atom. The van der Waals surface area contributed by atoms with Gasteiger partial charge in [-0.05, 0) is 56.0 Å². The molecule has 0 unspecified atom stereocenters. The largest absolute Gasteiger partial charge is 0.354 e. The first kappa shape index (κ1) is 18.3. The van der Waals surface area contributed by atoms with Crippen molar-refractivity contribution in [3.8, 4) is 11.3 Å². The number of carbonyl (C=O) groups excluding carboxylic acids is 1. The van der Waals surface area contributed by atoms with E-state index >= 15 is 0 Å². The minimum absolute atomic E-state index is 0.188. The lowest BCUT2D eigenvalue weighted by atomic mass is 10.00. The second-order valence-electron chi connectivity index (χ2n) is 8.63. The van der Waals surface area contributed by atoms with Gasteiger partial charge in [0, 0.05) is 42.5 Å². The average Bonchev–Trinajstić information content (AvgIpc) is 2.99. The van der Waals surface area contributed by atoms with E-state index in [9.17, 15) is 4.79 Å². The van der Waals surface area contributed by atoms with E-state index in [2.05, 4.69) is 72.6 Å². The van der Waals surface area contributed by atoms with Crippen LogP contribution < -0.4 is 5.32 Å². The van der Waals surface area contributed by atoms with Crippen molar-refractivity contribution in [3.05, 3.63) is 65.2 Å². The second-order valence-corrected chi connectivity index (χ2v) is 8.63. The quantitative estimate of drug-likeness (QED) is 0.728. The molecular formula is C25H27N3O. The number of nitrogens with zero attached hydrogens (tertiary/aromatic N) is 2. The van der Waals surface area contributed by atoms with Crippen LogP contribution >= 0.6 is 0 Å². The molecule has 1 aromatic heterocycles. The molecular weight excluding hydrogens is 358 g/mol. The Balaban J connectivity index is 1.61. The highest BCUT2D eigenvalue weighted by atomic mass is 16.1. The third kappa shape index (κ3) is 3.53. The van der Waals surface area contributed by atoms with Gasteiger partial charge in [-0.2, -0.15) is 0 Å². The maximum atomic E-state index is 12.1. The number of fused-ring (bicyclic) bond motifs is 3. The molecule has 2 fully saturated rings. The Labute approximate surface area is 171 Å². The molecule has 5 rings (SSSR count). The lowest BCUT2D eigenvalue weighted by Crippen LogP contribution is -2.37. The number of aryl methyl sites for hydroxylation is 2. The third-order valence-electron chi connectivity index (χ3n) is 6.42. The van der Waals surface area contributed by atoms with Crippen LogP contribution in [0.25, 0.3) is 22.2 Å². The van der Waals surface area contributed by atoms with Gasteiger partial charge in [-0.3, -0.25) is 9.69 Å². The van der Waals surface area contributed by atoms with Crippen LogP contribution in [0.15, 0.2) is 48.5 Å². The molecule has 1 N–H and O–H groups in total. The fourth-order valence-corrected chi connectivity index (χ4v) is 4.91. The summed E-state index contributed by atoms with van der Waals surface area (Å²) in [5.41, 5.74) is 6.99. The van der Waals surface area contributed by atoms with Crippen molar-refractivity contribution in [3.63, 3.8) is 0 Å². The van der Waals surface area contributed by atoms with Gasteiger partial charge in [-0.1, -0.05) is 35.9 Å². The van der Waals surface area contributed by atoms with E-state index < -0.39 is 0 Å². The van der Waals surface area contributed by atoms with Gasteiger partial charge in [0.25, 0.3) is 0 Å². The van der Waals surface area contributed by atoms with Crippen LogP contribution in [0.5, 0.6) is 0 Å². The maximum absolute atomic E-state index is 12.1. The molecule has 0 spiro atoms. The molecule has 3 aromatic rings. The number of aromatic nitrogens is 1. The normalized spacial score (nSPS) is 21.9. The average molecular weight is 386 g/mol. The lowest BCUT2D eigenvalue weighted by Gasteiger charge is -2.28. The van der Waals surface area contributed by atoms with Crippen LogP contribution in [-0.4, -0.2) is 34.4 Å². The van der Waals surface area contributed by atoms with Crippen molar-refractivity contribution in [1.82, 2.24) is 15.2 Å². The number of hydrogen-bond donors (Lipinski definition) is 1. The van der Waals surface area contributed by atoms with Gasteiger partial charge in [-0.25, -0.2) is 4.98 Å². The van der Waals surface area contributed by atoms with Crippen LogP contribution in [0.3, 0.4) is 0 Å². The predicted octanol–water partition coefficient (Wildman–Crippen LogP) is 4.37. The number of amides is 1. The van der Waals surface area contributed by atoms with E-state index in [0.29, 0.717) is 18.5 Å². The number of hydrogen-bond acceptors (Lipinski definition) is 3. The van der Waals surface area contributed by atoms with Gasteiger partial charge >= 0.3 is 0 Å². The zero-order valence-electron chi connectivity index (χ0n) is 17.1. The molecule has 4 heteroatoms. The SMILES string of the molecule is Cc1cccc(-c2nc3cc(C)ccc3cc2CN2[C@@H]3CC[C@H]2CC(=O)NC3)c1. The van der Waals surface area contributed by atoms with Crippen LogP contribution in [-0.2, 0) is 11.3 Å². The summed E-state index contributed by atoms with van der Waals surface area (Å²) in [6.07, 6.45) is 2.87. The number of pyridine rings is 1. The van der Waals surface area contributed by atoms with E-state index in [1.165, 1.54) is 27.6 Å². The van der Waals surface area contributed by atoms with Gasteiger partial charge in [-0.15, -0.1) is 0 Å². The molecule has 1 amide bonds. The Morgan fingerprint density at radius 2 is 1.86 bits per heavy atom. The van der Waals surface area contributed by atoms with Crippen molar-refractivity contribution in [1.29, 1.82) is 0 Å². The minimum atomic E-state index is 0.188. The molecule has 2 bridgehead atoms. The first-order valence-electron chi connectivity index (χ1n) is 10.6. The zero-order chi connectivity index (χ0) is 20.0. The first-order chi connectivity index (χ1) is 14.1. The fraction of sp³-hybridized carbons (Fsp3) is 0.360. The summed E-state index contributed by atoms with van der Waals surface area (Å²) in [4.78, 5) is 19.7. The Hall–Kier alpha value is -2.72. The maximum Gasteiger partial charge on any atom is 0.221 e. The molecule has 2 aromatic carbocycles. The molecule has 0 aliphatic carbocycles. The van der Waals surface area contributed by atoms with Crippen LogP contribution in [0, 0.1) is 13.8 Å². The number of benzene rings is 2. The third-order valence-corrected chi connectivity index (χ3v) is 6.42. The summed E-state index contributed by atoms with van der Waals surface area (Å²) in [7, 11) is 0. The van der Waals surface area contributed by atoms with Gasteiger partial charge < -0.3 is 5.32 Å². The highest BCUT2D eigenvalue weighted by molar-refractivity contribution is 5.84. The van der Waals surface area contributed by atoms with Crippen molar-refractivity contribution in [2.24, 2.45) is 0 Å². The molecule has 0 radical (unpaired) electrons. The van der Waals surface area contributed by atoms with E-state index in [4.69, 9.17) is 4.98 Å². The Morgan fingerprint density at radius 1 is 1.03 bits per heavy atom. The van der Waals surface area contributed by atoms with Crippen LogP contribution in [0.2, 0.25) is 0 Å². The minimum Gasteiger partial charge on any atom is -0.354 e. The summed E-state index contributed by atoms with van der Waals surface area (Å²) in [6, 6.07) is 18.2. The van der Waals surface area contributed by atoms with E-state index in [1.807, 2.05) is 0 Å². The molecule has 2 saturated heterocycles. The highest BCUT2D eigenvalue weighted by Gasteiger charge is 2.37. The van der Waals surface area contributed by atoms with Crippen molar-refractivity contribution < 1.29 is 4.79 Å². The molecule has 29 heavy (non-hydrogen) atoms. The topological polar surface area (TPSA) is 45.2 Å². The second kappa shape index (κ2) is 7.27. The summed E-state index contributed by atoms with van der Waals surface area (Å²) in [5, 5.41) is 4.26. The first-order valence-corrected chi connectivity index (χ1v) is 10.6. The summed E-state index contributed by atoms with van der Waals surface area (Å²) in [6.45, 7) is 5.83. The molecule has 0 saturated carbocycles. The molecule has 2 aliphatic heterocycles. The number of nitrogens with one attached hydrogen (secondary N) is 1. The molecule has 2 atom stereocenters. The Kier molecular flexibility index (Phi) is 4.59. The fourth-order valence-electron chi connectivity index (χ4n) is 4.91. The molecule has 2 aliphatic rings. The van der Waals surface area contributed by atoms with Crippen LogP contribution in [0.4, 0.5) is 0 Å². The number of carbonyl (C=O) groups is 1. The Bertz CT molecular complexity index is 1090. The van der Waals surface area contributed by atoms with Crippen LogP contribution in [0.1, 0.15) is 36.0 Å². The van der Waals surface area contributed by atoms with E-state index in [0.717, 1.165) is 37.1 Å². The predicted molar refractivity (Wildman–Crippen MR) is 117 cm³/mol. The lowest BCUT2D eigenvalue weighted by molar-refractivity contribution is -0.121. The molecule has 3 heterocycles. The van der Waals surface area contributed by atoms with Crippen molar-refractivity contribution >= 4 is 16.8 Å². The van der Waals surface area contributed by atoms with Gasteiger partial charge in [0.2, 0.25) is 5.91 Å². The number of rotatable bonds is 3. The monoisotopic (exact) mass is 385 g/mol. The van der Waals surface area contributed by atoms with Crippen molar-refractivity contribution in [2.45, 2.75) is 51.7 Å². The zero-order valence-corrected chi connectivity index (χ0v) is 17.1. The summed E-state index contributed by atoms with van der Waals surface area (Å²) >= 11 is 0. The molecule has 148 valence electrons. The smallest absolute Gasteiger partial charge is 0.221 e. The van der Waals surface area contributed by atoms with Crippen molar-refractivity contribution in [2.75, 3.05) is 6.54 Å². The van der Waals surface area contributed by atoms with E-state index in [-0.39, 0.29) is 5.91 Å². The molecule has 4 nitrogen and oxygen atoms in total. The standard InChI is InChI=1S/C25H27N3O/c1-16-4-3-5-19(10-16)25-20(12-18-7-6-17(2)11-23(18)27-25)15-28-21-8-9-22(28)14-26-24(29)13-21/h3-7,10-12,21-22H,8-9,13-15H2,1-2H3,(H,26,29)/t21-,22+/m0/s1. The van der Waals surface area contributed by atoms with E-state index in [1.54, 1.807) is 0 Å². The highest BCUT2D eigenvalue weighted by Crippen LogP contribution is 2.33. The van der Waals surface area contributed by atoms with Gasteiger partial charge in [0.05, 0.1) is 11.2 Å².